The van der Waals surface area contributed by atoms with Crippen molar-refractivity contribution < 1.29 is 37.3 Å². The van der Waals surface area contributed by atoms with Crippen LogP contribution < -0.4 is 4.31 Å². The van der Waals surface area contributed by atoms with Gasteiger partial charge < -0.3 is 19.3 Å². The maximum absolute atomic E-state index is 12.4. The summed E-state index contributed by atoms with van der Waals surface area (Å²) in [5, 5.41) is 9.88. The van der Waals surface area contributed by atoms with Crippen LogP contribution in [0.5, 0.6) is 0 Å². The molecule has 26 heavy (non-hydrogen) atoms. The van der Waals surface area contributed by atoms with Gasteiger partial charge in [0.05, 0.1) is 24.6 Å². The summed E-state index contributed by atoms with van der Waals surface area (Å²) in [6.45, 7) is 4.74. The molecular formula is C16H23NO8S. The average molecular weight is 389 g/mol. The zero-order chi connectivity index (χ0) is 20.3. The number of amides is 1. The first-order valence-corrected chi connectivity index (χ1v) is 9.32. The topological polar surface area (TPSA) is 119 Å². The lowest BCUT2D eigenvalue weighted by Crippen LogP contribution is -2.40. The van der Waals surface area contributed by atoms with Crippen molar-refractivity contribution in [3.8, 4) is 0 Å². The van der Waals surface area contributed by atoms with Crippen LogP contribution in [0.2, 0.25) is 0 Å². The fourth-order valence-corrected chi connectivity index (χ4v) is 2.80. The van der Waals surface area contributed by atoms with Gasteiger partial charge in [-0.15, -0.1) is 0 Å². The number of rotatable bonds is 5. The van der Waals surface area contributed by atoms with Crippen molar-refractivity contribution in [2.45, 2.75) is 32.7 Å². The van der Waals surface area contributed by atoms with Crippen molar-refractivity contribution in [2.75, 3.05) is 24.8 Å². The summed E-state index contributed by atoms with van der Waals surface area (Å²) >= 11 is 0. The molecule has 0 saturated heterocycles. The molecule has 1 unspecified atom stereocenters. The van der Waals surface area contributed by atoms with Gasteiger partial charge in [0.15, 0.2) is 6.29 Å². The second kappa shape index (κ2) is 8.02. The molecule has 1 rings (SSSR count). The van der Waals surface area contributed by atoms with Crippen molar-refractivity contribution in [1.29, 1.82) is 0 Å². The van der Waals surface area contributed by atoms with Crippen LogP contribution in [-0.4, -0.2) is 51.7 Å². The van der Waals surface area contributed by atoms with Crippen molar-refractivity contribution >= 4 is 27.8 Å². The Kier molecular flexibility index (Phi) is 6.75. The average Bonchev–Trinajstić information content (AvgIpc) is 2.49. The molecule has 1 aromatic rings. The number of hydrogen-bond acceptors (Lipinski definition) is 8. The number of sulfonamides is 1. The molecule has 0 fully saturated rings. The molecule has 0 bridgehead atoms. The fraction of sp³-hybridized carbons (Fsp3) is 0.500. The molecular weight excluding hydrogens is 366 g/mol. The highest BCUT2D eigenvalue weighted by Gasteiger charge is 2.31. The van der Waals surface area contributed by atoms with Gasteiger partial charge >= 0.3 is 12.1 Å². The lowest BCUT2D eigenvalue weighted by atomic mass is 10.1. The number of carbonyl (C=O) groups is 2. The van der Waals surface area contributed by atoms with Gasteiger partial charge in [0.2, 0.25) is 10.0 Å². The van der Waals surface area contributed by atoms with Crippen LogP contribution in [0.15, 0.2) is 18.2 Å². The number of esters is 1. The van der Waals surface area contributed by atoms with E-state index in [0.717, 1.165) is 19.4 Å². The van der Waals surface area contributed by atoms with Gasteiger partial charge in [0.1, 0.15) is 5.60 Å². The van der Waals surface area contributed by atoms with E-state index in [-0.39, 0.29) is 16.8 Å². The number of nitrogens with zero attached hydrogens (tertiary/aromatic N) is 1. The minimum Gasteiger partial charge on any atom is -0.465 e. The number of ether oxygens (including phenoxy) is 3. The highest BCUT2D eigenvalue weighted by Crippen LogP contribution is 2.27. The van der Waals surface area contributed by atoms with Crippen molar-refractivity contribution in [1.82, 2.24) is 0 Å². The molecule has 10 heteroatoms. The third kappa shape index (κ3) is 5.68. The molecule has 0 aromatic heterocycles. The third-order valence-electron chi connectivity index (χ3n) is 3.00. The van der Waals surface area contributed by atoms with E-state index < -0.39 is 34.0 Å². The van der Waals surface area contributed by atoms with Crippen LogP contribution in [0.3, 0.4) is 0 Å². The highest BCUT2D eigenvalue weighted by molar-refractivity contribution is 7.92. The van der Waals surface area contributed by atoms with E-state index in [1.165, 1.54) is 19.2 Å². The standard InChI is InChI=1S/C16H23NO8S/c1-16(2,3)25-15(20)17(26(6,21)22)12-8-10(13(18)23-4)7-11(9-12)14(19)24-5/h7-9,13,18H,1-6H3. The predicted octanol–water partition coefficient (Wildman–Crippen LogP) is 1.81. The summed E-state index contributed by atoms with van der Waals surface area (Å²) in [4.78, 5) is 24.3. The molecule has 9 nitrogen and oxygen atoms in total. The molecule has 1 amide bonds. The Balaban J connectivity index is 3.59. The second-order valence-electron chi connectivity index (χ2n) is 6.40. The summed E-state index contributed by atoms with van der Waals surface area (Å²) in [6, 6.07) is 3.60. The van der Waals surface area contributed by atoms with Crippen molar-refractivity contribution in [2.24, 2.45) is 0 Å². The zero-order valence-corrected chi connectivity index (χ0v) is 16.3. The molecule has 1 aromatic carbocycles. The van der Waals surface area contributed by atoms with E-state index >= 15 is 0 Å². The molecule has 1 N–H and O–H groups in total. The van der Waals surface area contributed by atoms with Crippen LogP contribution in [0.4, 0.5) is 10.5 Å². The first-order valence-electron chi connectivity index (χ1n) is 7.47. The van der Waals surface area contributed by atoms with E-state index in [9.17, 15) is 23.1 Å². The molecule has 0 aliphatic carbocycles. The maximum Gasteiger partial charge on any atom is 0.428 e. The molecule has 0 radical (unpaired) electrons. The summed E-state index contributed by atoms with van der Waals surface area (Å²) in [6.07, 6.45) is -1.79. The highest BCUT2D eigenvalue weighted by atomic mass is 32.2. The molecule has 0 saturated carbocycles. The van der Waals surface area contributed by atoms with Crippen molar-refractivity contribution in [3.05, 3.63) is 29.3 Å². The first-order chi connectivity index (χ1) is 11.8. The zero-order valence-electron chi connectivity index (χ0n) is 15.5. The van der Waals surface area contributed by atoms with Crippen LogP contribution in [0.1, 0.15) is 43.0 Å². The lowest BCUT2D eigenvalue weighted by molar-refractivity contribution is -0.0769. The number of methoxy groups -OCH3 is 2. The van der Waals surface area contributed by atoms with Gasteiger partial charge in [-0.1, -0.05) is 0 Å². The Morgan fingerprint density at radius 2 is 1.73 bits per heavy atom. The lowest BCUT2D eigenvalue weighted by Gasteiger charge is -2.26. The van der Waals surface area contributed by atoms with E-state index in [2.05, 4.69) is 4.74 Å². The monoisotopic (exact) mass is 389 g/mol. The van der Waals surface area contributed by atoms with Gasteiger partial charge in [-0.05, 0) is 39.0 Å². The van der Waals surface area contributed by atoms with Gasteiger partial charge in [0, 0.05) is 12.7 Å². The molecule has 0 aliphatic heterocycles. The Labute approximate surface area is 152 Å². The van der Waals surface area contributed by atoms with Crippen LogP contribution >= 0.6 is 0 Å². The SMILES string of the molecule is COC(=O)c1cc(C(O)OC)cc(N(C(=O)OC(C)(C)C)S(C)(=O)=O)c1. The molecule has 0 heterocycles. The van der Waals surface area contributed by atoms with Crippen LogP contribution in [0.25, 0.3) is 0 Å². The van der Waals surface area contributed by atoms with Gasteiger partial charge in [-0.25, -0.2) is 18.0 Å². The first kappa shape index (κ1) is 21.9. The maximum atomic E-state index is 12.4. The number of aliphatic hydroxyl groups excluding tert-OH is 1. The quantitative estimate of drug-likeness (QED) is 0.598. The van der Waals surface area contributed by atoms with E-state index in [1.807, 2.05) is 0 Å². The van der Waals surface area contributed by atoms with Crippen LogP contribution in [-0.2, 0) is 24.2 Å². The van der Waals surface area contributed by atoms with Gasteiger partial charge in [0.25, 0.3) is 0 Å². The minimum atomic E-state index is -4.10. The summed E-state index contributed by atoms with van der Waals surface area (Å²) in [7, 11) is -1.74. The molecule has 146 valence electrons. The Hall–Kier alpha value is -2.17. The smallest absolute Gasteiger partial charge is 0.428 e. The Morgan fingerprint density at radius 1 is 1.15 bits per heavy atom. The normalized spacial score (nSPS) is 13.0. The molecule has 0 spiro atoms. The van der Waals surface area contributed by atoms with Gasteiger partial charge in [-0.2, -0.15) is 4.31 Å². The Bertz CT molecular complexity index is 782. The molecule has 1 atom stereocenters. The van der Waals surface area contributed by atoms with Crippen molar-refractivity contribution in [3.63, 3.8) is 0 Å². The fourth-order valence-electron chi connectivity index (χ4n) is 2.00. The number of hydrogen-bond donors (Lipinski definition) is 1. The number of carbonyl (C=O) groups excluding carboxylic acids is 2. The predicted molar refractivity (Wildman–Crippen MR) is 93.3 cm³/mol. The summed E-state index contributed by atoms with van der Waals surface area (Å²) < 4.78 is 39.3. The minimum absolute atomic E-state index is 0.0580. The number of anilines is 1. The summed E-state index contributed by atoms with van der Waals surface area (Å²) in [5.74, 6) is -0.783. The largest absolute Gasteiger partial charge is 0.465 e. The Morgan fingerprint density at radius 3 is 2.15 bits per heavy atom. The van der Waals surface area contributed by atoms with E-state index in [4.69, 9.17) is 9.47 Å². The number of aliphatic hydroxyl groups is 1. The van der Waals surface area contributed by atoms with E-state index in [1.54, 1.807) is 20.8 Å². The second-order valence-corrected chi connectivity index (χ2v) is 8.23. The molecule has 0 aliphatic rings. The number of benzene rings is 1. The summed E-state index contributed by atoms with van der Waals surface area (Å²) in [5.41, 5.74) is -1.17. The third-order valence-corrected chi connectivity index (χ3v) is 4.02. The van der Waals surface area contributed by atoms with E-state index in [0.29, 0.717) is 4.31 Å². The van der Waals surface area contributed by atoms with Crippen LogP contribution in [0, 0.1) is 0 Å². The van der Waals surface area contributed by atoms with Gasteiger partial charge in [-0.3, -0.25) is 0 Å².